The molecular formula is C12H22O8. The zero-order valence-corrected chi connectivity index (χ0v) is 11.3. The summed E-state index contributed by atoms with van der Waals surface area (Å²) in [5, 5.41) is 58.7. The minimum Gasteiger partial charge on any atom is -0.388 e. The number of aliphatic hydroxyl groups is 6. The van der Waals surface area contributed by atoms with Crippen LogP contribution in [0.5, 0.6) is 0 Å². The lowest BCUT2D eigenvalue weighted by Gasteiger charge is -2.47. The lowest BCUT2D eigenvalue weighted by molar-refractivity contribution is -0.292. The van der Waals surface area contributed by atoms with Crippen LogP contribution >= 0.6 is 0 Å². The minimum atomic E-state index is -1.48. The van der Waals surface area contributed by atoms with Gasteiger partial charge in [-0.15, -0.1) is 0 Å². The molecule has 118 valence electrons. The second kappa shape index (κ2) is 5.82. The number of ether oxygens (including phenoxy) is 2. The van der Waals surface area contributed by atoms with Crippen molar-refractivity contribution < 1.29 is 40.1 Å². The summed E-state index contributed by atoms with van der Waals surface area (Å²) < 4.78 is 10.8. The molecule has 10 atom stereocenters. The van der Waals surface area contributed by atoms with E-state index >= 15 is 0 Å². The van der Waals surface area contributed by atoms with Crippen molar-refractivity contribution in [2.24, 2.45) is 0 Å². The molecule has 2 unspecified atom stereocenters. The molecule has 2 aliphatic rings. The average molecular weight is 294 g/mol. The third-order valence-electron chi connectivity index (χ3n) is 4.10. The molecule has 0 aliphatic carbocycles. The lowest BCUT2D eigenvalue weighted by atomic mass is 9.86. The van der Waals surface area contributed by atoms with Crippen LogP contribution in [-0.4, -0.2) is 91.7 Å². The largest absolute Gasteiger partial charge is 0.388 e. The van der Waals surface area contributed by atoms with Gasteiger partial charge in [0.1, 0.15) is 48.8 Å². The van der Waals surface area contributed by atoms with Crippen LogP contribution in [0.1, 0.15) is 13.8 Å². The maximum Gasteiger partial charge on any atom is 0.115 e. The monoisotopic (exact) mass is 294 g/mol. The highest BCUT2D eigenvalue weighted by Gasteiger charge is 2.52. The summed E-state index contributed by atoms with van der Waals surface area (Å²) in [4.78, 5) is 0. The molecule has 0 aromatic heterocycles. The fourth-order valence-electron chi connectivity index (χ4n) is 2.71. The van der Waals surface area contributed by atoms with E-state index in [9.17, 15) is 30.6 Å². The van der Waals surface area contributed by atoms with Crippen LogP contribution in [-0.2, 0) is 9.47 Å². The summed E-state index contributed by atoms with van der Waals surface area (Å²) in [6.45, 7) is 3.02. The first kappa shape index (κ1) is 16.1. The molecule has 2 rings (SSSR count). The highest BCUT2D eigenvalue weighted by atomic mass is 16.6. The van der Waals surface area contributed by atoms with Gasteiger partial charge in [-0.1, -0.05) is 0 Å². The average Bonchev–Trinajstić information content (AvgIpc) is 2.42. The Bertz CT molecular complexity index is 307. The maximum absolute atomic E-state index is 9.96. The van der Waals surface area contributed by atoms with E-state index in [4.69, 9.17) is 9.47 Å². The third kappa shape index (κ3) is 2.58. The fraction of sp³-hybridized carbons (Fsp3) is 1.00. The molecule has 2 saturated heterocycles. The van der Waals surface area contributed by atoms with E-state index in [-0.39, 0.29) is 0 Å². The molecule has 0 aromatic rings. The molecule has 2 heterocycles. The van der Waals surface area contributed by atoms with Crippen molar-refractivity contribution in [1.29, 1.82) is 0 Å². The van der Waals surface area contributed by atoms with Crippen LogP contribution in [0, 0.1) is 0 Å². The standard InChI is InChI=1S/C12H22O8/c1-3-5(13)7(15)9(17)11(19-3)12-10(18)8(16)6(14)4(2)20-12/h3-18H,1-2H3/t3-,4-,5-,6+,7+,8+,9-,10-,11?,12?/m1/s1. The van der Waals surface area contributed by atoms with Gasteiger partial charge < -0.3 is 40.1 Å². The van der Waals surface area contributed by atoms with Gasteiger partial charge >= 0.3 is 0 Å². The Morgan fingerprint density at radius 2 is 0.800 bits per heavy atom. The van der Waals surface area contributed by atoms with E-state index in [2.05, 4.69) is 0 Å². The van der Waals surface area contributed by atoms with Crippen molar-refractivity contribution in [1.82, 2.24) is 0 Å². The van der Waals surface area contributed by atoms with Crippen molar-refractivity contribution in [3.63, 3.8) is 0 Å². The Labute approximate surface area is 116 Å². The van der Waals surface area contributed by atoms with Crippen molar-refractivity contribution in [2.45, 2.75) is 74.9 Å². The van der Waals surface area contributed by atoms with E-state index < -0.39 is 61.0 Å². The molecule has 8 heteroatoms. The van der Waals surface area contributed by atoms with Crippen LogP contribution in [0.25, 0.3) is 0 Å². The van der Waals surface area contributed by atoms with E-state index in [1.807, 2.05) is 0 Å². The molecule has 20 heavy (non-hydrogen) atoms. The lowest BCUT2D eigenvalue weighted by Crippen LogP contribution is -2.67. The molecule has 0 saturated carbocycles. The smallest absolute Gasteiger partial charge is 0.115 e. The summed E-state index contributed by atoms with van der Waals surface area (Å²) in [5.74, 6) is 0. The van der Waals surface area contributed by atoms with Gasteiger partial charge in [0.25, 0.3) is 0 Å². The first-order valence-corrected chi connectivity index (χ1v) is 6.65. The third-order valence-corrected chi connectivity index (χ3v) is 4.10. The molecule has 0 bridgehead atoms. The predicted octanol–water partition coefficient (Wildman–Crippen LogP) is -3.27. The molecule has 0 spiro atoms. The zero-order valence-electron chi connectivity index (χ0n) is 11.3. The van der Waals surface area contributed by atoms with Crippen molar-refractivity contribution in [3.05, 3.63) is 0 Å². The van der Waals surface area contributed by atoms with Gasteiger partial charge in [0.05, 0.1) is 12.2 Å². The number of hydrogen-bond donors (Lipinski definition) is 6. The van der Waals surface area contributed by atoms with Gasteiger partial charge in [0, 0.05) is 0 Å². The molecule has 2 fully saturated rings. The molecule has 8 nitrogen and oxygen atoms in total. The van der Waals surface area contributed by atoms with Crippen LogP contribution in [0.3, 0.4) is 0 Å². The molecule has 0 radical (unpaired) electrons. The van der Waals surface area contributed by atoms with E-state index in [1.165, 1.54) is 13.8 Å². The van der Waals surface area contributed by atoms with Gasteiger partial charge in [-0.05, 0) is 13.8 Å². The summed E-state index contributed by atoms with van der Waals surface area (Å²) in [5.41, 5.74) is 0. The SMILES string of the molecule is C[C@H]1OC(C2O[C@H](C)[C@@H](O)[C@H](O)[C@H]2O)[C@H](O)[C@@H](O)[C@H]1O. The van der Waals surface area contributed by atoms with Crippen molar-refractivity contribution in [2.75, 3.05) is 0 Å². The number of hydrogen-bond acceptors (Lipinski definition) is 8. The Morgan fingerprint density at radius 3 is 1.10 bits per heavy atom. The van der Waals surface area contributed by atoms with Gasteiger partial charge in [-0.3, -0.25) is 0 Å². The Hall–Kier alpha value is -0.320. The summed E-state index contributed by atoms with van der Waals surface area (Å²) in [7, 11) is 0. The fourth-order valence-corrected chi connectivity index (χ4v) is 2.71. The van der Waals surface area contributed by atoms with Crippen molar-refractivity contribution in [3.8, 4) is 0 Å². The van der Waals surface area contributed by atoms with E-state index in [0.29, 0.717) is 0 Å². The minimum absolute atomic E-state index is 0.770. The van der Waals surface area contributed by atoms with Crippen LogP contribution < -0.4 is 0 Å². The molecule has 0 aromatic carbocycles. The van der Waals surface area contributed by atoms with E-state index in [1.54, 1.807) is 0 Å². The van der Waals surface area contributed by atoms with Gasteiger partial charge in [-0.25, -0.2) is 0 Å². The Balaban J connectivity index is 2.17. The predicted molar refractivity (Wildman–Crippen MR) is 64.7 cm³/mol. The van der Waals surface area contributed by atoms with Gasteiger partial charge in [-0.2, -0.15) is 0 Å². The summed E-state index contributed by atoms with van der Waals surface area (Å²) in [6.07, 6.45) is -12.1. The van der Waals surface area contributed by atoms with Gasteiger partial charge in [0.2, 0.25) is 0 Å². The second-order valence-corrected chi connectivity index (χ2v) is 5.56. The van der Waals surface area contributed by atoms with Crippen molar-refractivity contribution >= 4 is 0 Å². The quantitative estimate of drug-likeness (QED) is 0.296. The summed E-state index contributed by atoms with van der Waals surface area (Å²) >= 11 is 0. The topological polar surface area (TPSA) is 140 Å². The molecule has 0 amide bonds. The van der Waals surface area contributed by atoms with Crippen LogP contribution in [0.15, 0.2) is 0 Å². The molecule has 6 N–H and O–H groups in total. The first-order valence-electron chi connectivity index (χ1n) is 6.65. The highest BCUT2D eigenvalue weighted by Crippen LogP contribution is 2.30. The highest BCUT2D eigenvalue weighted by molar-refractivity contribution is 5.01. The van der Waals surface area contributed by atoms with Crippen LogP contribution in [0.2, 0.25) is 0 Å². The number of aliphatic hydroxyl groups excluding tert-OH is 6. The second-order valence-electron chi connectivity index (χ2n) is 5.56. The Kier molecular flexibility index (Phi) is 4.67. The maximum atomic E-state index is 9.96. The van der Waals surface area contributed by atoms with Crippen LogP contribution in [0.4, 0.5) is 0 Å². The first-order chi connectivity index (χ1) is 9.25. The number of rotatable bonds is 1. The van der Waals surface area contributed by atoms with E-state index in [0.717, 1.165) is 0 Å². The zero-order chi connectivity index (χ0) is 15.2. The normalized spacial score (nSPS) is 57.6. The molecule has 2 aliphatic heterocycles. The summed E-state index contributed by atoms with van der Waals surface area (Å²) in [6, 6.07) is 0. The Morgan fingerprint density at radius 1 is 0.500 bits per heavy atom. The molecular weight excluding hydrogens is 272 g/mol. The van der Waals surface area contributed by atoms with Gasteiger partial charge in [0.15, 0.2) is 0 Å².